The molecule has 0 saturated heterocycles. The van der Waals surface area contributed by atoms with E-state index in [1.165, 1.54) is 12.5 Å². The smallest absolute Gasteiger partial charge is 0.339 e. The summed E-state index contributed by atoms with van der Waals surface area (Å²) in [6.45, 7) is 0.450. The molecule has 0 amide bonds. The Bertz CT molecular complexity index is 405. The van der Waals surface area contributed by atoms with Crippen molar-refractivity contribution in [3.63, 3.8) is 0 Å². The fourth-order valence-electron chi connectivity index (χ4n) is 1.84. The molecule has 0 bridgehead atoms. The number of methoxy groups -OCH3 is 1. The lowest BCUT2D eigenvalue weighted by Crippen LogP contribution is -2.44. The van der Waals surface area contributed by atoms with E-state index in [1.807, 2.05) is 0 Å². The quantitative estimate of drug-likeness (QED) is 0.773. The molecule has 0 radical (unpaired) electrons. The van der Waals surface area contributed by atoms with Crippen LogP contribution in [0.4, 0.5) is 0 Å². The van der Waals surface area contributed by atoms with Crippen molar-refractivity contribution in [2.24, 2.45) is 0 Å². The molecular weight excluding hydrogens is 222 g/mol. The first kappa shape index (κ1) is 11.9. The standard InChI is InChI=1S/C11H15N3O3/c1-17-8-2-7(3-8)13-5-10-9(11(15)16)4-12-6-14-10/h4,6-8,13H,2-3,5H2,1H3,(H,15,16). The van der Waals surface area contributed by atoms with Crippen molar-refractivity contribution in [2.45, 2.75) is 31.5 Å². The average molecular weight is 237 g/mol. The molecule has 6 heteroatoms. The Hall–Kier alpha value is -1.53. The molecule has 1 fully saturated rings. The molecule has 0 aromatic carbocycles. The third-order valence-electron chi connectivity index (χ3n) is 3.01. The van der Waals surface area contributed by atoms with Crippen LogP contribution in [0.5, 0.6) is 0 Å². The summed E-state index contributed by atoms with van der Waals surface area (Å²) in [5.41, 5.74) is 0.677. The van der Waals surface area contributed by atoms with Crippen LogP contribution in [0, 0.1) is 0 Å². The van der Waals surface area contributed by atoms with E-state index in [4.69, 9.17) is 9.84 Å². The maximum atomic E-state index is 10.9. The van der Waals surface area contributed by atoms with Gasteiger partial charge in [0.1, 0.15) is 11.9 Å². The summed E-state index contributed by atoms with van der Waals surface area (Å²) in [5.74, 6) is -0.995. The number of hydrogen-bond donors (Lipinski definition) is 2. The van der Waals surface area contributed by atoms with E-state index in [9.17, 15) is 4.79 Å². The second-order valence-electron chi connectivity index (χ2n) is 4.10. The number of carbonyl (C=O) groups is 1. The number of hydrogen-bond acceptors (Lipinski definition) is 5. The average Bonchev–Trinajstić information content (AvgIpc) is 2.27. The molecule has 2 N–H and O–H groups in total. The zero-order chi connectivity index (χ0) is 12.3. The lowest BCUT2D eigenvalue weighted by atomic mass is 9.89. The van der Waals surface area contributed by atoms with Crippen LogP contribution in [0.1, 0.15) is 28.9 Å². The first-order chi connectivity index (χ1) is 8.20. The summed E-state index contributed by atoms with van der Waals surface area (Å²) in [4.78, 5) is 18.6. The van der Waals surface area contributed by atoms with Gasteiger partial charge in [-0.2, -0.15) is 0 Å². The SMILES string of the molecule is COC1CC(NCc2ncncc2C(=O)O)C1. The Labute approximate surface area is 99.0 Å². The highest BCUT2D eigenvalue weighted by molar-refractivity contribution is 5.88. The van der Waals surface area contributed by atoms with E-state index in [0.717, 1.165) is 12.8 Å². The maximum Gasteiger partial charge on any atom is 0.339 e. The molecule has 17 heavy (non-hydrogen) atoms. The minimum absolute atomic E-state index is 0.155. The van der Waals surface area contributed by atoms with Crippen molar-refractivity contribution in [1.82, 2.24) is 15.3 Å². The topological polar surface area (TPSA) is 84.3 Å². The predicted octanol–water partition coefficient (Wildman–Crippen LogP) is 0.442. The number of ether oxygens (including phenoxy) is 1. The van der Waals surface area contributed by atoms with Gasteiger partial charge in [0.15, 0.2) is 0 Å². The van der Waals surface area contributed by atoms with Gasteiger partial charge < -0.3 is 15.2 Å². The number of aromatic nitrogens is 2. The highest BCUT2D eigenvalue weighted by Gasteiger charge is 2.28. The van der Waals surface area contributed by atoms with Gasteiger partial charge in [-0.15, -0.1) is 0 Å². The van der Waals surface area contributed by atoms with Crippen LogP contribution in [0.25, 0.3) is 0 Å². The van der Waals surface area contributed by atoms with Gasteiger partial charge in [0.05, 0.1) is 11.8 Å². The van der Waals surface area contributed by atoms with Crippen molar-refractivity contribution in [2.75, 3.05) is 7.11 Å². The molecule has 92 valence electrons. The molecule has 0 spiro atoms. The normalized spacial score (nSPS) is 23.1. The highest BCUT2D eigenvalue weighted by Crippen LogP contribution is 2.22. The maximum absolute atomic E-state index is 10.9. The summed E-state index contributed by atoms with van der Waals surface area (Å²) >= 11 is 0. The molecule has 6 nitrogen and oxygen atoms in total. The molecule has 1 heterocycles. The zero-order valence-electron chi connectivity index (χ0n) is 9.59. The van der Waals surface area contributed by atoms with Crippen molar-refractivity contribution in [3.05, 3.63) is 23.8 Å². The van der Waals surface area contributed by atoms with Crippen LogP contribution in [0.2, 0.25) is 0 Å². The fourth-order valence-corrected chi connectivity index (χ4v) is 1.84. The Morgan fingerprint density at radius 3 is 3.06 bits per heavy atom. The van der Waals surface area contributed by atoms with Crippen LogP contribution in [0.15, 0.2) is 12.5 Å². The molecule has 1 aromatic heterocycles. The number of aromatic carboxylic acids is 1. The van der Waals surface area contributed by atoms with Crippen molar-refractivity contribution >= 4 is 5.97 Å². The molecular formula is C11H15N3O3. The van der Waals surface area contributed by atoms with Gasteiger partial charge in [-0.05, 0) is 12.8 Å². The minimum atomic E-state index is -0.995. The Balaban J connectivity index is 1.89. The molecule has 1 saturated carbocycles. The Morgan fingerprint density at radius 1 is 1.65 bits per heavy atom. The molecule has 2 rings (SSSR count). The summed E-state index contributed by atoms with van der Waals surface area (Å²) in [6.07, 6.45) is 4.94. The Morgan fingerprint density at radius 2 is 2.41 bits per heavy atom. The lowest BCUT2D eigenvalue weighted by molar-refractivity contribution is 0.0168. The summed E-state index contributed by atoms with van der Waals surface area (Å²) in [6, 6.07) is 0.386. The van der Waals surface area contributed by atoms with Crippen LogP contribution < -0.4 is 5.32 Å². The fraction of sp³-hybridized carbons (Fsp3) is 0.545. The molecule has 1 aromatic rings. The van der Waals surface area contributed by atoms with Crippen molar-refractivity contribution < 1.29 is 14.6 Å². The van der Waals surface area contributed by atoms with Gasteiger partial charge in [-0.3, -0.25) is 0 Å². The summed E-state index contributed by atoms with van der Waals surface area (Å²) in [7, 11) is 1.70. The predicted molar refractivity (Wildman–Crippen MR) is 59.7 cm³/mol. The van der Waals surface area contributed by atoms with E-state index in [-0.39, 0.29) is 5.56 Å². The van der Waals surface area contributed by atoms with Gasteiger partial charge in [0, 0.05) is 25.9 Å². The first-order valence-corrected chi connectivity index (χ1v) is 5.49. The number of nitrogens with zero attached hydrogens (tertiary/aromatic N) is 2. The molecule has 0 aliphatic heterocycles. The van der Waals surface area contributed by atoms with E-state index < -0.39 is 5.97 Å². The second kappa shape index (κ2) is 5.20. The third kappa shape index (κ3) is 2.78. The molecule has 0 atom stereocenters. The van der Waals surface area contributed by atoms with E-state index in [2.05, 4.69) is 15.3 Å². The van der Waals surface area contributed by atoms with E-state index >= 15 is 0 Å². The van der Waals surface area contributed by atoms with Gasteiger partial charge >= 0.3 is 5.97 Å². The number of nitrogens with one attached hydrogen (secondary N) is 1. The van der Waals surface area contributed by atoms with Crippen LogP contribution in [0.3, 0.4) is 0 Å². The van der Waals surface area contributed by atoms with Gasteiger partial charge in [0.2, 0.25) is 0 Å². The van der Waals surface area contributed by atoms with Crippen LogP contribution in [-0.4, -0.2) is 40.3 Å². The highest BCUT2D eigenvalue weighted by atomic mass is 16.5. The van der Waals surface area contributed by atoms with E-state index in [1.54, 1.807) is 7.11 Å². The number of carboxylic acid groups (broad SMARTS) is 1. The summed E-state index contributed by atoms with van der Waals surface area (Å²) in [5, 5.41) is 12.2. The number of rotatable bonds is 5. The number of carboxylic acids is 1. The largest absolute Gasteiger partial charge is 0.478 e. The molecule has 1 aliphatic carbocycles. The van der Waals surface area contributed by atoms with Crippen LogP contribution in [-0.2, 0) is 11.3 Å². The summed E-state index contributed by atoms with van der Waals surface area (Å²) < 4.78 is 5.17. The van der Waals surface area contributed by atoms with Crippen molar-refractivity contribution in [1.29, 1.82) is 0 Å². The minimum Gasteiger partial charge on any atom is -0.478 e. The monoisotopic (exact) mass is 237 g/mol. The van der Waals surface area contributed by atoms with E-state index in [0.29, 0.717) is 24.4 Å². The molecule has 0 unspecified atom stereocenters. The Kier molecular flexibility index (Phi) is 3.65. The van der Waals surface area contributed by atoms with Crippen molar-refractivity contribution in [3.8, 4) is 0 Å². The van der Waals surface area contributed by atoms with Gasteiger partial charge in [-0.25, -0.2) is 14.8 Å². The lowest BCUT2D eigenvalue weighted by Gasteiger charge is -2.34. The third-order valence-corrected chi connectivity index (χ3v) is 3.01. The second-order valence-corrected chi connectivity index (χ2v) is 4.10. The zero-order valence-corrected chi connectivity index (χ0v) is 9.59. The van der Waals surface area contributed by atoms with Gasteiger partial charge in [0.25, 0.3) is 0 Å². The van der Waals surface area contributed by atoms with Crippen LogP contribution >= 0.6 is 0 Å². The molecule has 1 aliphatic rings. The first-order valence-electron chi connectivity index (χ1n) is 5.49. The van der Waals surface area contributed by atoms with Gasteiger partial charge in [-0.1, -0.05) is 0 Å².